The standard InChI is InChI=1S/C12H17NO3S/c1-4-13(8(2)7-11(14)15)12(16)10-6-5-9(3)17-10/h5-6,8H,4,7H2,1-3H3,(H,14,15). The molecule has 1 unspecified atom stereocenters. The third-order valence-corrected chi connectivity index (χ3v) is 3.54. The van der Waals surface area contributed by atoms with Gasteiger partial charge in [-0.3, -0.25) is 9.59 Å². The van der Waals surface area contributed by atoms with Crippen molar-refractivity contribution in [3.05, 3.63) is 21.9 Å². The molecule has 0 spiro atoms. The molecule has 5 heteroatoms. The molecule has 0 radical (unpaired) electrons. The van der Waals surface area contributed by atoms with E-state index < -0.39 is 5.97 Å². The van der Waals surface area contributed by atoms with Crippen molar-refractivity contribution in [2.24, 2.45) is 0 Å². The molecule has 1 N–H and O–H groups in total. The van der Waals surface area contributed by atoms with E-state index in [1.165, 1.54) is 11.3 Å². The Balaban J connectivity index is 2.80. The lowest BCUT2D eigenvalue weighted by Crippen LogP contribution is -2.39. The van der Waals surface area contributed by atoms with E-state index in [9.17, 15) is 9.59 Å². The molecule has 1 amide bonds. The smallest absolute Gasteiger partial charge is 0.305 e. The van der Waals surface area contributed by atoms with E-state index in [0.29, 0.717) is 11.4 Å². The van der Waals surface area contributed by atoms with Gasteiger partial charge in [-0.1, -0.05) is 0 Å². The van der Waals surface area contributed by atoms with Crippen LogP contribution >= 0.6 is 11.3 Å². The average molecular weight is 255 g/mol. The number of rotatable bonds is 5. The van der Waals surface area contributed by atoms with Gasteiger partial charge in [0, 0.05) is 17.5 Å². The second kappa shape index (κ2) is 5.82. The molecular weight excluding hydrogens is 238 g/mol. The Hall–Kier alpha value is -1.36. The SMILES string of the molecule is CCN(C(=O)c1ccc(C)s1)C(C)CC(=O)O. The number of carboxylic acid groups (broad SMARTS) is 1. The molecule has 0 aliphatic rings. The highest BCUT2D eigenvalue weighted by Gasteiger charge is 2.22. The van der Waals surface area contributed by atoms with Gasteiger partial charge < -0.3 is 10.0 Å². The van der Waals surface area contributed by atoms with Gasteiger partial charge in [0.05, 0.1) is 11.3 Å². The lowest BCUT2D eigenvalue weighted by atomic mass is 10.2. The minimum absolute atomic E-state index is 0.0239. The highest BCUT2D eigenvalue weighted by Crippen LogP contribution is 2.19. The topological polar surface area (TPSA) is 57.6 Å². The fraction of sp³-hybridized carbons (Fsp3) is 0.500. The number of aryl methyl sites for hydroxylation is 1. The number of carbonyl (C=O) groups excluding carboxylic acids is 1. The lowest BCUT2D eigenvalue weighted by Gasteiger charge is -2.26. The van der Waals surface area contributed by atoms with Crippen molar-refractivity contribution in [2.75, 3.05) is 6.54 Å². The maximum Gasteiger partial charge on any atom is 0.305 e. The van der Waals surface area contributed by atoms with Crippen molar-refractivity contribution >= 4 is 23.2 Å². The minimum atomic E-state index is -0.883. The van der Waals surface area contributed by atoms with Crippen LogP contribution in [0.4, 0.5) is 0 Å². The summed E-state index contributed by atoms with van der Waals surface area (Å²) in [6.07, 6.45) is -0.0239. The second-order valence-electron chi connectivity index (χ2n) is 3.95. The maximum atomic E-state index is 12.2. The molecular formula is C12H17NO3S. The fourth-order valence-electron chi connectivity index (χ4n) is 1.71. The number of carboxylic acids is 1. The van der Waals surface area contributed by atoms with Crippen molar-refractivity contribution in [3.8, 4) is 0 Å². The average Bonchev–Trinajstić information content (AvgIpc) is 2.64. The largest absolute Gasteiger partial charge is 0.481 e. The van der Waals surface area contributed by atoms with Crippen LogP contribution in [0.5, 0.6) is 0 Å². The first kappa shape index (κ1) is 13.7. The molecule has 0 fully saturated rings. The monoisotopic (exact) mass is 255 g/mol. The van der Waals surface area contributed by atoms with Crippen LogP contribution in [0.1, 0.15) is 34.8 Å². The van der Waals surface area contributed by atoms with Crippen LogP contribution in [0.25, 0.3) is 0 Å². The van der Waals surface area contributed by atoms with E-state index in [2.05, 4.69) is 0 Å². The molecule has 1 aromatic heterocycles. The predicted molar refractivity (Wildman–Crippen MR) is 67.5 cm³/mol. The summed E-state index contributed by atoms with van der Waals surface area (Å²) in [6, 6.07) is 3.40. The van der Waals surface area contributed by atoms with Gasteiger partial charge in [0.2, 0.25) is 0 Å². The lowest BCUT2D eigenvalue weighted by molar-refractivity contribution is -0.138. The number of nitrogens with zero attached hydrogens (tertiary/aromatic N) is 1. The zero-order chi connectivity index (χ0) is 13.0. The number of hydrogen-bond donors (Lipinski definition) is 1. The summed E-state index contributed by atoms with van der Waals surface area (Å²) in [5, 5.41) is 8.75. The number of aliphatic carboxylic acids is 1. The van der Waals surface area contributed by atoms with Crippen molar-refractivity contribution < 1.29 is 14.7 Å². The van der Waals surface area contributed by atoms with Crippen molar-refractivity contribution in [1.82, 2.24) is 4.90 Å². The van der Waals surface area contributed by atoms with Crippen molar-refractivity contribution in [2.45, 2.75) is 33.2 Å². The minimum Gasteiger partial charge on any atom is -0.481 e. The molecule has 0 aliphatic heterocycles. The van der Waals surface area contributed by atoms with E-state index in [1.807, 2.05) is 19.9 Å². The quantitative estimate of drug-likeness (QED) is 0.878. The summed E-state index contributed by atoms with van der Waals surface area (Å²) < 4.78 is 0. The highest BCUT2D eigenvalue weighted by molar-refractivity contribution is 7.13. The molecule has 0 saturated carbocycles. The molecule has 1 aromatic rings. The van der Waals surface area contributed by atoms with Gasteiger partial charge in [0.1, 0.15) is 0 Å². The first-order valence-corrected chi connectivity index (χ1v) is 6.36. The molecule has 94 valence electrons. The molecule has 1 rings (SSSR count). The van der Waals surface area contributed by atoms with Gasteiger partial charge >= 0.3 is 5.97 Å². The van der Waals surface area contributed by atoms with E-state index in [4.69, 9.17) is 5.11 Å². The Labute approximate surface area is 105 Å². The molecule has 1 heterocycles. The summed E-state index contributed by atoms with van der Waals surface area (Å²) >= 11 is 1.44. The summed E-state index contributed by atoms with van der Waals surface area (Å²) in [4.78, 5) is 26.2. The zero-order valence-electron chi connectivity index (χ0n) is 10.3. The van der Waals surface area contributed by atoms with Gasteiger partial charge in [-0.2, -0.15) is 0 Å². The zero-order valence-corrected chi connectivity index (χ0v) is 11.1. The van der Waals surface area contributed by atoms with Crippen LogP contribution in [0.15, 0.2) is 12.1 Å². The predicted octanol–water partition coefficient (Wildman–Crippen LogP) is 2.38. The summed E-state index contributed by atoms with van der Waals surface area (Å²) in [5.74, 6) is -0.967. The molecule has 0 saturated heterocycles. The molecule has 0 aliphatic carbocycles. The van der Waals surface area contributed by atoms with E-state index in [0.717, 1.165) is 4.88 Å². The molecule has 17 heavy (non-hydrogen) atoms. The maximum absolute atomic E-state index is 12.2. The Bertz CT molecular complexity index is 414. The van der Waals surface area contributed by atoms with Crippen molar-refractivity contribution in [3.63, 3.8) is 0 Å². The van der Waals surface area contributed by atoms with Crippen LogP contribution in [0.2, 0.25) is 0 Å². The fourth-order valence-corrected chi connectivity index (χ4v) is 2.53. The van der Waals surface area contributed by atoms with Crippen LogP contribution in [-0.4, -0.2) is 34.5 Å². The Morgan fingerprint density at radius 2 is 2.12 bits per heavy atom. The normalized spacial score (nSPS) is 12.2. The number of amides is 1. The van der Waals surface area contributed by atoms with Crippen LogP contribution in [-0.2, 0) is 4.79 Å². The van der Waals surface area contributed by atoms with Gasteiger partial charge in [0.15, 0.2) is 0 Å². The first-order chi connectivity index (χ1) is 7.95. The number of hydrogen-bond acceptors (Lipinski definition) is 3. The summed E-state index contributed by atoms with van der Waals surface area (Å²) in [5.41, 5.74) is 0. The van der Waals surface area contributed by atoms with Crippen LogP contribution in [0, 0.1) is 6.92 Å². The molecule has 0 aromatic carbocycles. The molecule has 0 bridgehead atoms. The van der Waals surface area contributed by atoms with Crippen LogP contribution < -0.4 is 0 Å². The van der Waals surface area contributed by atoms with Gasteiger partial charge in [-0.25, -0.2) is 0 Å². The van der Waals surface area contributed by atoms with Gasteiger partial charge in [-0.15, -0.1) is 11.3 Å². The van der Waals surface area contributed by atoms with E-state index in [-0.39, 0.29) is 18.4 Å². The number of thiophene rings is 1. The first-order valence-electron chi connectivity index (χ1n) is 5.55. The van der Waals surface area contributed by atoms with E-state index >= 15 is 0 Å². The third-order valence-electron chi connectivity index (χ3n) is 2.55. The van der Waals surface area contributed by atoms with Gasteiger partial charge in [0.25, 0.3) is 5.91 Å². The second-order valence-corrected chi connectivity index (χ2v) is 5.24. The van der Waals surface area contributed by atoms with Gasteiger partial charge in [-0.05, 0) is 32.9 Å². The highest BCUT2D eigenvalue weighted by atomic mass is 32.1. The third kappa shape index (κ3) is 3.56. The summed E-state index contributed by atoms with van der Waals surface area (Å²) in [7, 11) is 0. The molecule has 4 nitrogen and oxygen atoms in total. The number of carbonyl (C=O) groups is 2. The Morgan fingerprint density at radius 3 is 2.53 bits per heavy atom. The Morgan fingerprint density at radius 1 is 1.47 bits per heavy atom. The van der Waals surface area contributed by atoms with E-state index in [1.54, 1.807) is 17.9 Å². The van der Waals surface area contributed by atoms with Crippen LogP contribution in [0.3, 0.4) is 0 Å². The molecule has 1 atom stereocenters. The van der Waals surface area contributed by atoms with Crippen molar-refractivity contribution in [1.29, 1.82) is 0 Å². The Kier molecular flexibility index (Phi) is 4.69. The summed E-state index contributed by atoms with van der Waals surface area (Å²) in [6.45, 7) is 6.08.